The van der Waals surface area contributed by atoms with Gasteiger partial charge in [0.1, 0.15) is 5.75 Å². The van der Waals surface area contributed by atoms with E-state index in [0.717, 1.165) is 46.0 Å². The second-order valence-corrected chi connectivity index (χ2v) is 9.65. The fraction of sp³-hybridized carbons (Fsp3) is 0.478. The van der Waals surface area contributed by atoms with Crippen LogP contribution in [0, 0.1) is 0 Å². The number of thioether (sulfide) groups is 1. The summed E-state index contributed by atoms with van der Waals surface area (Å²) < 4.78 is 7.63. The molecule has 9 heteroatoms. The molecule has 0 aliphatic heterocycles. The summed E-state index contributed by atoms with van der Waals surface area (Å²) in [5.74, 6) is 2.45. The average molecular weight is 472 g/mol. The van der Waals surface area contributed by atoms with Gasteiger partial charge in [-0.15, -0.1) is 21.5 Å². The Morgan fingerprint density at radius 1 is 1.22 bits per heavy atom. The highest BCUT2D eigenvalue weighted by Crippen LogP contribution is 2.37. The van der Waals surface area contributed by atoms with Crippen LogP contribution in [0.15, 0.2) is 34.8 Å². The fourth-order valence-corrected chi connectivity index (χ4v) is 6.03. The van der Waals surface area contributed by atoms with Gasteiger partial charge in [0.05, 0.1) is 12.8 Å². The van der Waals surface area contributed by atoms with E-state index < -0.39 is 0 Å². The van der Waals surface area contributed by atoms with Crippen molar-refractivity contribution < 1.29 is 9.53 Å². The molecule has 4 rings (SSSR count). The van der Waals surface area contributed by atoms with Gasteiger partial charge in [-0.25, -0.2) is 4.98 Å². The first kappa shape index (κ1) is 22.8. The highest BCUT2D eigenvalue weighted by atomic mass is 32.2. The molecule has 1 amide bonds. The molecule has 1 aliphatic carbocycles. The molecule has 32 heavy (non-hydrogen) atoms. The highest BCUT2D eigenvalue weighted by Gasteiger charge is 2.24. The minimum Gasteiger partial charge on any atom is -0.497 e. The van der Waals surface area contributed by atoms with Gasteiger partial charge in [0, 0.05) is 36.2 Å². The van der Waals surface area contributed by atoms with Crippen LogP contribution in [0.25, 0.3) is 11.4 Å². The van der Waals surface area contributed by atoms with E-state index in [9.17, 15) is 4.79 Å². The maximum atomic E-state index is 11.8. The molecular weight excluding hydrogens is 442 g/mol. The Morgan fingerprint density at radius 3 is 2.62 bits per heavy atom. The molecule has 170 valence electrons. The zero-order valence-electron chi connectivity index (χ0n) is 18.8. The van der Waals surface area contributed by atoms with Crippen LogP contribution < -0.4 is 9.64 Å². The maximum absolute atomic E-state index is 11.8. The van der Waals surface area contributed by atoms with E-state index in [1.165, 1.54) is 30.6 Å². The van der Waals surface area contributed by atoms with Crippen molar-refractivity contribution in [1.82, 2.24) is 19.7 Å². The standard InChI is InChI=1S/C23H29N5O2S2/c1-4-27(16(2)29)22-24-18(14-31-22)15-32-23-26-25-21(17-10-12-20(30-3)13-11-17)28(23)19-8-6-5-7-9-19/h10-14,19H,4-9,15H2,1-3H3. The summed E-state index contributed by atoms with van der Waals surface area (Å²) in [6, 6.07) is 8.44. The van der Waals surface area contributed by atoms with Gasteiger partial charge < -0.3 is 4.74 Å². The molecule has 0 N–H and O–H groups in total. The number of ether oxygens (including phenoxy) is 1. The van der Waals surface area contributed by atoms with Gasteiger partial charge in [0.15, 0.2) is 16.1 Å². The zero-order chi connectivity index (χ0) is 22.5. The number of benzene rings is 1. The predicted molar refractivity (Wildman–Crippen MR) is 130 cm³/mol. The van der Waals surface area contributed by atoms with E-state index in [0.29, 0.717) is 18.3 Å². The lowest BCUT2D eigenvalue weighted by atomic mass is 9.95. The summed E-state index contributed by atoms with van der Waals surface area (Å²) in [5, 5.41) is 12.9. The third kappa shape index (κ3) is 4.99. The first-order valence-corrected chi connectivity index (χ1v) is 12.9. The summed E-state index contributed by atoms with van der Waals surface area (Å²) in [4.78, 5) is 18.2. The first-order valence-electron chi connectivity index (χ1n) is 11.0. The zero-order valence-corrected chi connectivity index (χ0v) is 20.4. The number of aromatic nitrogens is 4. The molecule has 1 aliphatic rings. The number of rotatable bonds is 8. The van der Waals surface area contributed by atoms with E-state index in [1.807, 2.05) is 36.6 Å². The van der Waals surface area contributed by atoms with Crippen LogP contribution in [-0.4, -0.2) is 39.3 Å². The van der Waals surface area contributed by atoms with Crippen molar-refractivity contribution in [2.75, 3.05) is 18.6 Å². The number of nitrogens with zero attached hydrogens (tertiary/aromatic N) is 5. The summed E-state index contributed by atoms with van der Waals surface area (Å²) in [6.07, 6.45) is 6.08. The minimum atomic E-state index is 0.0160. The van der Waals surface area contributed by atoms with Gasteiger partial charge in [0.2, 0.25) is 5.91 Å². The fourth-order valence-electron chi connectivity index (χ4n) is 4.10. The van der Waals surface area contributed by atoms with Crippen LogP contribution in [0.1, 0.15) is 57.7 Å². The van der Waals surface area contributed by atoms with Crippen LogP contribution in [0.2, 0.25) is 0 Å². The quantitative estimate of drug-likeness (QED) is 0.399. The van der Waals surface area contributed by atoms with Crippen LogP contribution in [0.4, 0.5) is 5.13 Å². The number of anilines is 1. The van der Waals surface area contributed by atoms with E-state index >= 15 is 0 Å². The number of carbonyl (C=O) groups excluding carboxylic acids is 1. The Morgan fingerprint density at radius 2 is 1.97 bits per heavy atom. The second-order valence-electron chi connectivity index (χ2n) is 7.87. The van der Waals surface area contributed by atoms with Gasteiger partial charge in [0.25, 0.3) is 0 Å². The van der Waals surface area contributed by atoms with Crippen molar-refractivity contribution >= 4 is 34.1 Å². The van der Waals surface area contributed by atoms with Crippen LogP contribution >= 0.6 is 23.1 Å². The Balaban J connectivity index is 1.57. The van der Waals surface area contributed by atoms with Crippen LogP contribution in [0.5, 0.6) is 5.75 Å². The molecule has 2 heterocycles. The molecule has 2 aromatic heterocycles. The van der Waals surface area contributed by atoms with Crippen molar-refractivity contribution in [3.05, 3.63) is 35.3 Å². The number of amides is 1. The van der Waals surface area contributed by atoms with Crippen LogP contribution in [0.3, 0.4) is 0 Å². The first-order chi connectivity index (χ1) is 15.6. The lowest BCUT2D eigenvalue weighted by Crippen LogP contribution is -2.27. The monoisotopic (exact) mass is 471 g/mol. The van der Waals surface area contributed by atoms with E-state index in [1.54, 1.807) is 30.7 Å². The number of methoxy groups -OCH3 is 1. The summed E-state index contributed by atoms with van der Waals surface area (Å²) >= 11 is 3.17. The molecule has 1 aromatic carbocycles. The summed E-state index contributed by atoms with van der Waals surface area (Å²) in [5.41, 5.74) is 2.01. The molecule has 0 saturated heterocycles. The predicted octanol–water partition coefficient (Wildman–Crippen LogP) is 5.58. The smallest absolute Gasteiger partial charge is 0.225 e. The summed E-state index contributed by atoms with van der Waals surface area (Å²) in [6.45, 7) is 4.16. The Bertz CT molecular complexity index is 1040. The molecule has 1 fully saturated rings. The van der Waals surface area contributed by atoms with E-state index in [-0.39, 0.29) is 5.91 Å². The molecule has 7 nitrogen and oxygen atoms in total. The van der Waals surface area contributed by atoms with Crippen molar-refractivity contribution in [3.63, 3.8) is 0 Å². The maximum Gasteiger partial charge on any atom is 0.225 e. The van der Waals surface area contributed by atoms with Gasteiger partial charge in [-0.1, -0.05) is 31.0 Å². The summed E-state index contributed by atoms with van der Waals surface area (Å²) in [7, 11) is 1.67. The number of thiazole rings is 1. The largest absolute Gasteiger partial charge is 0.497 e. The van der Waals surface area contributed by atoms with E-state index in [2.05, 4.69) is 19.7 Å². The molecule has 1 saturated carbocycles. The van der Waals surface area contributed by atoms with Gasteiger partial charge in [-0.3, -0.25) is 14.3 Å². The minimum absolute atomic E-state index is 0.0160. The van der Waals surface area contributed by atoms with Gasteiger partial charge in [-0.2, -0.15) is 0 Å². The topological polar surface area (TPSA) is 73.1 Å². The Kier molecular flexibility index (Phi) is 7.47. The Labute approximate surface area is 197 Å². The lowest BCUT2D eigenvalue weighted by molar-refractivity contribution is -0.116. The average Bonchev–Trinajstić information content (AvgIpc) is 3.46. The van der Waals surface area contributed by atoms with Crippen molar-refractivity contribution in [1.29, 1.82) is 0 Å². The van der Waals surface area contributed by atoms with Crippen molar-refractivity contribution in [2.24, 2.45) is 0 Å². The molecule has 0 unspecified atom stereocenters. The Hall–Kier alpha value is -2.39. The molecule has 0 radical (unpaired) electrons. The number of carbonyl (C=O) groups is 1. The van der Waals surface area contributed by atoms with Gasteiger partial charge in [-0.05, 0) is 44.0 Å². The van der Waals surface area contributed by atoms with Crippen molar-refractivity contribution in [3.8, 4) is 17.1 Å². The highest BCUT2D eigenvalue weighted by molar-refractivity contribution is 7.98. The molecule has 0 spiro atoms. The normalized spacial score (nSPS) is 14.5. The van der Waals surface area contributed by atoms with Crippen molar-refractivity contribution in [2.45, 2.75) is 62.9 Å². The molecule has 0 atom stereocenters. The third-order valence-electron chi connectivity index (χ3n) is 5.77. The van der Waals surface area contributed by atoms with Gasteiger partial charge >= 0.3 is 0 Å². The SMILES string of the molecule is CCN(C(C)=O)c1nc(CSc2nnc(-c3ccc(OC)cc3)n2C2CCCCC2)cs1. The number of hydrogen-bond donors (Lipinski definition) is 0. The lowest BCUT2D eigenvalue weighted by Gasteiger charge is -2.25. The second kappa shape index (κ2) is 10.5. The molecule has 0 bridgehead atoms. The molecular formula is C23H29N5O2S2. The van der Waals surface area contributed by atoms with E-state index in [4.69, 9.17) is 4.74 Å². The molecule has 3 aromatic rings. The van der Waals surface area contributed by atoms with Crippen LogP contribution in [-0.2, 0) is 10.5 Å². The number of hydrogen-bond acceptors (Lipinski definition) is 7. The third-order valence-corrected chi connectivity index (χ3v) is 7.66.